The Hall–Kier alpha value is -2.43. The van der Waals surface area contributed by atoms with Gasteiger partial charge >= 0.3 is 0 Å². The van der Waals surface area contributed by atoms with Crippen LogP contribution in [0, 0.1) is 0 Å². The second-order valence-corrected chi connectivity index (χ2v) is 3.74. The van der Waals surface area contributed by atoms with Gasteiger partial charge in [-0.2, -0.15) is 0 Å². The highest BCUT2D eigenvalue weighted by molar-refractivity contribution is 5.94. The van der Waals surface area contributed by atoms with Crippen LogP contribution in [0.4, 0.5) is 0 Å². The lowest BCUT2D eigenvalue weighted by Gasteiger charge is -2.05. The van der Waals surface area contributed by atoms with Gasteiger partial charge in [0.2, 0.25) is 0 Å². The van der Waals surface area contributed by atoms with Crippen molar-refractivity contribution in [2.45, 2.75) is 6.42 Å². The van der Waals surface area contributed by atoms with E-state index in [1.807, 2.05) is 12.1 Å². The monoisotopic (exact) mass is 243 g/mol. The minimum absolute atomic E-state index is 0.0451. The Labute approximate surface area is 105 Å². The third-order valence-electron chi connectivity index (χ3n) is 2.42. The molecule has 92 valence electrons. The van der Waals surface area contributed by atoms with E-state index < -0.39 is 0 Å². The van der Waals surface area contributed by atoms with E-state index in [0.29, 0.717) is 13.0 Å². The van der Waals surface area contributed by atoms with Crippen molar-refractivity contribution >= 4 is 5.91 Å². The summed E-state index contributed by atoms with van der Waals surface area (Å²) < 4.78 is 0. The number of aromatic hydroxyl groups is 1. The zero-order valence-corrected chi connectivity index (χ0v) is 9.71. The second-order valence-electron chi connectivity index (χ2n) is 3.74. The highest BCUT2D eigenvalue weighted by Crippen LogP contribution is 2.11. The second kappa shape index (κ2) is 5.77. The van der Waals surface area contributed by atoms with E-state index in [1.165, 1.54) is 12.3 Å². The van der Waals surface area contributed by atoms with Crippen LogP contribution in [-0.4, -0.2) is 27.5 Å². The largest absolute Gasteiger partial charge is 0.505 e. The van der Waals surface area contributed by atoms with Crippen LogP contribution in [-0.2, 0) is 6.42 Å². The normalized spacial score (nSPS) is 10.0. The van der Waals surface area contributed by atoms with Crippen molar-refractivity contribution in [2.24, 2.45) is 0 Å². The fraction of sp³-hybridized carbons (Fsp3) is 0.154. The molecule has 2 N–H and O–H groups in total. The van der Waals surface area contributed by atoms with Gasteiger partial charge in [0.1, 0.15) is 5.75 Å². The Morgan fingerprint density at radius 3 is 2.83 bits per heavy atom. The molecule has 0 aromatic carbocycles. The fourth-order valence-electron chi connectivity index (χ4n) is 1.52. The van der Waals surface area contributed by atoms with Crippen molar-refractivity contribution in [3.63, 3.8) is 0 Å². The zero-order valence-electron chi connectivity index (χ0n) is 9.71. The summed E-state index contributed by atoms with van der Waals surface area (Å²) in [6.45, 7) is 0.473. The molecule has 0 aliphatic carbocycles. The Morgan fingerprint density at radius 2 is 2.11 bits per heavy atom. The Bertz CT molecular complexity index is 529. The molecule has 2 aromatic rings. The number of hydrogen-bond acceptors (Lipinski definition) is 4. The van der Waals surface area contributed by atoms with E-state index in [1.54, 1.807) is 18.5 Å². The lowest BCUT2D eigenvalue weighted by atomic mass is 10.2. The molecule has 2 aromatic heterocycles. The van der Waals surface area contributed by atoms with Gasteiger partial charge in [-0.25, -0.2) is 4.98 Å². The third-order valence-corrected chi connectivity index (χ3v) is 2.42. The van der Waals surface area contributed by atoms with E-state index in [0.717, 1.165) is 5.56 Å². The predicted molar refractivity (Wildman–Crippen MR) is 66.2 cm³/mol. The maximum absolute atomic E-state index is 11.7. The van der Waals surface area contributed by atoms with Crippen molar-refractivity contribution in [3.05, 3.63) is 54.1 Å². The topological polar surface area (TPSA) is 75.1 Å². The number of pyridine rings is 2. The molecule has 0 aliphatic rings. The van der Waals surface area contributed by atoms with Crippen LogP contribution in [0.3, 0.4) is 0 Å². The first-order chi connectivity index (χ1) is 8.77. The molecule has 0 unspecified atom stereocenters. The van der Waals surface area contributed by atoms with Crippen molar-refractivity contribution in [2.75, 3.05) is 6.54 Å². The molecule has 5 nitrogen and oxygen atoms in total. The van der Waals surface area contributed by atoms with Gasteiger partial charge in [-0.05, 0) is 30.2 Å². The van der Waals surface area contributed by atoms with Crippen LogP contribution < -0.4 is 5.32 Å². The number of rotatable bonds is 4. The first-order valence-corrected chi connectivity index (χ1v) is 5.58. The third kappa shape index (κ3) is 3.04. The highest BCUT2D eigenvalue weighted by Gasteiger charge is 2.10. The summed E-state index contributed by atoms with van der Waals surface area (Å²) in [6, 6.07) is 6.80. The molecule has 0 saturated heterocycles. The molecule has 5 heteroatoms. The SMILES string of the molecule is O=C(NCCc1cccnc1)c1ncccc1O. The molecular weight excluding hydrogens is 230 g/mol. The van der Waals surface area contributed by atoms with E-state index >= 15 is 0 Å². The van der Waals surface area contributed by atoms with Gasteiger partial charge in [0.05, 0.1) is 0 Å². The minimum Gasteiger partial charge on any atom is -0.505 e. The molecule has 18 heavy (non-hydrogen) atoms. The molecule has 0 fully saturated rings. The molecular formula is C13H13N3O2. The van der Waals surface area contributed by atoms with E-state index in [2.05, 4.69) is 15.3 Å². The summed E-state index contributed by atoms with van der Waals surface area (Å²) >= 11 is 0. The van der Waals surface area contributed by atoms with Gasteiger partial charge in [-0.1, -0.05) is 6.07 Å². The lowest BCUT2D eigenvalue weighted by molar-refractivity contribution is 0.0946. The standard InChI is InChI=1S/C13H13N3O2/c17-11-4-2-7-15-12(11)13(18)16-8-5-10-3-1-6-14-9-10/h1-4,6-7,9,17H,5,8H2,(H,16,18). The van der Waals surface area contributed by atoms with E-state index in [4.69, 9.17) is 0 Å². The number of amides is 1. The van der Waals surface area contributed by atoms with Gasteiger partial charge in [0, 0.05) is 25.1 Å². The van der Waals surface area contributed by atoms with Gasteiger partial charge in [-0.15, -0.1) is 0 Å². The van der Waals surface area contributed by atoms with Crippen molar-refractivity contribution in [1.29, 1.82) is 0 Å². The number of nitrogens with zero attached hydrogens (tertiary/aromatic N) is 2. The summed E-state index contributed by atoms with van der Waals surface area (Å²) in [4.78, 5) is 19.5. The van der Waals surface area contributed by atoms with Gasteiger partial charge in [0.25, 0.3) is 5.91 Å². The molecule has 1 amide bonds. The number of aromatic nitrogens is 2. The number of hydrogen-bond donors (Lipinski definition) is 2. The summed E-state index contributed by atoms with van der Waals surface area (Å²) in [5, 5.41) is 12.2. The quantitative estimate of drug-likeness (QED) is 0.844. The molecule has 0 aliphatic heterocycles. The van der Waals surface area contributed by atoms with Crippen LogP contribution in [0.5, 0.6) is 5.75 Å². The Morgan fingerprint density at radius 1 is 1.28 bits per heavy atom. The zero-order chi connectivity index (χ0) is 12.8. The van der Waals surface area contributed by atoms with Gasteiger partial charge in [0.15, 0.2) is 5.69 Å². The van der Waals surface area contributed by atoms with Gasteiger partial charge < -0.3 is 10.4 Å². The highest BCUT2D eigenvalue weighted by atomic mass is 16.3. The van der Waals surface area contributed by atoms with E-state index in [-0.39, 0.29) is 17.4 Å². The Kier molecular flexibility index (Phi) is 3.86. The molecule has 0 radical (unpaired) electrons. The number of carbonyl (C=O) groups excluding carboxylic acids is 1. The van der Waals surface area contributed by atoms with Crippen molar-refractivity contribution in [3.8, 4) is 5.75 Å². The van der Waals surface area contributed by atoms with Crippen LogP contribution >= 0.6 is 0 Å². The maximum atomic E-state index is 11.7. The molecule has 0 atom stereocenters. The average Bonchev–Trinajstić information content (AvgIpc) is 2.40. The fourth-order valence-corrected chi connectivity index (χ4v) is 1.52. The van der Waals surface area contributed by atoms with Crippen molar-refractivity contribution < 1.29 is 9.90 Å². The lowest BCUT2D eigenvalue weighted by Crippen LogP contribution is -2.26. The van der Waals surface area contributed by atoms with Crippen LogP contribution in [0.1, 0.15) is 16.1 Å². The number of carbonyl (C=O) groups is 1. The summed E-state index contributed by atoms with van der Waals surface area (Å²) in [5.41, 5.74) is 1.09. The smallest absolute Gasteiger partial charge is 0.273 e. The Balaban J connectivity index is 1.88. The minimum atomic E-state index is -0.378. The van der Waals surface area contributed by atoms with Crippen LogP contribution in [0.15, 0.2) is 42.9 Å². The van der Waals surface area contributed by atoms with Crippen LogP contribution in [0.25, 0.3) is 0 Å². The first kappa shape index (κ1) is 12.0. The molecule has 0 saturated carbocycles. The van der Waals surface area contributed by atoms with E-state index in [9.17, 15) is 9.90 Å². The summed E-state index contributed by atoms with van der Waals surface area (Å²) in [7, 11) is 0. The average molecular weight is 243 g/mol. The summed E-state index contributed by atoms with van der Waals surface area (Å²) in [5.74, 6) is -0.492. The maximum Gasteiger partial charge on any atom is 0.273 e. The van der Waals surface area contributed by atoms with Crippen LogP contribution in [0.2, 0.25) is 0 Å². The molecule has 0 spiro atoms. The summed E-state index contributed by atoms with van der Waals surface area (Å²) in [6.07, 6.45) is 5.61. The van der Waals surface area contributed by atoms with Crippen molar-refractivity contribution in [1.82, 2.24) is 15.3 Å². The first-order valence-electron chi connectivity index (χ1n) is 5.58. The molecule has 2 rings (SSSR count). The number of nitrogens with one attached hydrogen (secondary N) is 1. The molecule has 0 bridgehead atoms. The van der Waals surface area contributed by atoms with Gasteiger partial charge in [-0.3, -0.25) is 9.78 Å². The predicted octanol–water partition coefficient (Wildman–Crippen LogP) is 1.15. The molecule has 2 heterocycles.